The number of rotatable bonds is 5. The van der Waals surface area contributed by atoms with Gasteiger partial charge in [0, 0.05) is 13.1 Å². The molecular weight excluding hydrogens is 270 g/mol. The van der Waals surface area contributed by atoms with Gasteiger partial charge in [-0.05, 0) is 18.1 Å². The summed E-state index contributed by atoms with van der Waals surface area (Å²) in [6, 6.07) is 7.98. The van der Waals surface area contributed by atoms with Crippen molar-refractivity contribution in [2.24, 2.45) is 5.84 Å². The summed E-state index contributed by atoms with van der Waals surface area (Å²) < 4.78 is 5.37. The lowest BCUT2D eigenvalue weighted by atomic mass is 9.99. The molecule has 116 valence electrons. The third kappa shape index (κ3) is 4.01. The lowest BCUT2D eigenvalue weighted by Crippen LogP contribution is -2.46. The van der Waals surface area contributed by atoms with Crippen molar-refractivity contribution in [3.05, 3.63) is 35.4 Å². The van der Waals surface area contributed by atoms with E-state index >= 15 is 0 Å². The molecule has 2 atom stereocenters. The minimum atomic E-state index is -0.266. The van der Waals surface area contributed by atoms with Crippen LogP contribution < -0.4 is 11.3 Å². The van der Waals surface area contributed by atoms with E-state index in [1.807, 2.05) is 31.2 Å². The van der Waals surface area contributed by atoms with Crippen LogP contribution in [0.25, 0.3) is 0 Å². The number of nitrogens with two attached hydrogens (primary N) is 1. The number of amides is 1. The number of carbonyl (C=O) groups excluding carboxylic acids is 1. The first-order valence-electron chi connectivity index (χ1n) is 7.17. The molecular formula is C15H23N3O3. The van der Waals surface area contributed by atoms with E-state index in [1.165, 1.54) is 0 Å². The van der Waals surface area contributed by atoms with Crippen LogP contribution in [0.15, 0.2) is 24.3 Å². The topological polar surface area (TPSA) is 87.8 Å². The molecule has 1 fully saturated rings. The van der Waals surface area contributed by atoms with Crippen LogP contribution in [0.2, 0.25) is 0 Å². The standard InChI is InChI=1S/C15H23N3O3/c1-11(15(20)17-16)13-4-2-12(3-5-13)8-18-6-7-21-10-14(18)9-19/h2-5,11,14,19H,6-10,16H2,1H3,(H,17,20). The summed E-state index contributed by atoms with van der Waals surface area (Å²) in [5, 5.41) is 9.37. The van der Waals surface area contributed by atoms with Gasteiger partial charge in [0.25, 0.3) is 0 Å². The van der Waals surface area contributed by atoms with Gasteiger partial charge in [-0.15, -0.1) is 0 Å². The van der Waals surface area contributed by atoms with Crippen molar-refractivity contribution in [2.75, 3.05) is 26.4 Å². The largest absolute Gasteiger partial charge is 0.395 e. The normalized spacial score (nSPS) is 21.0. The third-order valence-corrected chi connectivity index (χ3v) is 3.96. The average molecular weight is 293 g/mol. The molecule has 6 nitrogen and oxygen atoms in total. The molecule has 1 aliphatic rings. The van der Waals surface area contributed by atoms with Gasteiger partial charge in [0.2, 0.25) is 5.91 Å². The Morgan fingerprint density at radius 1 is 1.52 bits per heavy atom. The lowest BCUT2D eigenvalue weighted by Gasteiger charge is -2.34. The first-order chi connectivity index (χ1) is 10.2. The molecule has 0 spiro atoms. The molecule has 1 heterocycles. The summed E-state index contributed by atoms with van der Waals surface area (Å²) in [5.41, 5.74) is 4.25. The molecule has 1 aromatic carbocycles. The summed E-state index contributed by atoms with van der Waals surface area (Å²) in [6.07, 6.45) is 0. The predicted octanol–water partition coefficient (Wildman–Crippen LogP) is -0.0269. The number of carbonyl (C=O) groups is 1. The molecule has 21 heavy (non-hydrogen) atoms. The Labute approximate surface area is 124 Å². The number of morpholine rings is 1. The van der Waals surface area contributed by atoms with Crippen LogP contribution in [0.3, 0.4) is 0 Å². The fraction of sp³-hybridized carbons (Fsp3) is 0.533. The average Bonchev–Trinajstić information content (AvgIpc) is 2.54. The van der Waals surface area contributed by atoms with Crippen molar-refractivity contribution in [3.63, 3.8) is 0 Å². The van der Waals surface area contributed by atoms with Gasteiger partial charge in [-0.25, -0.2) is 5.84 Å². The number of ether oxygens (including phenoxy) is 1. The molecule has 1 aliphatic heterocycles. The van der Waals surface area contributed by atoms with Gasteiger partial charge in [-0.2, -0.15) is 0 Å². The number of hydrogen-bond donors (Lipinski definition) is 3. The van der Waals surface area contributed by atoms with Gasteiger partial charge < -0.3 is 9.84 Å². The van der Waals surface area contributed by atoms with Crippen molar-refractivity contribution in [3.8, 4) is 0 Å². The summed E-state index contributed by atoms with van der Waals surface area (Å²) in [4.78, 5) is 13.7. The molecule has 0 aromatic heterocycles. The molecule has 1 amide bonds. The Hall–Kier alpha value is -1.47. The van der Waals surface area contributed by atoms with Gasteiger partial charge in [0.05, 0.1) is 31.8 Å². The molecule has 0 saturated carbocycles. The summed E-state index contributed by atoms with van der Waals surface area (Å²) in [6.45, 7) is 4.78. The highest BCUT2D eigenvalue weighted by molar-refractivity contribution is 5.82. The van der Waals surface area contributed by atoms with E-state index in [1.54, 1.807) is 0 Å². The third-order valence-electron chi connectivity index (χ3n) is 3.96. The molecule has 0 radical (unpaired) electrons. The van der Waals surface area contributed by atoms with E-state index in [0.717, 1.165) is 24.2 Å². The minimum Gasteiger partial charge on any atom is -0.395 e. The maximum Gasteiger partial charge on any atom is 0.241 e. The Kier molecular flexibility index (Phi) is 5.69. The Balaban J connectivity index is 2.00. The van der Waals surface area contributed by atoms with E-state index in [0.29, 0.717) is 13.2 Å². The van der Waals surface area contributed by atoms with Gasteiger partial charge in [0.15, 0.2) is 0 Å². The van der Waals surface area contributed by atoms with Crippen molar-refractivity contribution in [1.82, 2.24) is 10.3 Å². The number of hydrazine groups is 1. The van der Waals surface area contributed by atoms with E-state index in [4.69, 9.17) is 10.6 Å². The zero-order chi connectivity index (χ0) is 15.2. The van der Waals surface area contributed by atoms with Crippen LogP contribution in [-0.2, 0) is 16.1 Å². The number of nitrogens with one attached hydrogen (secondary N) is 1. The van der Waals surface area contributed by atoms with E-state index in [9.17, 15) is 9.90 Å². The van der Waals surface area contributed by atoms with Gasteiger partial charge in [-0.3, -0.25) is 15.1 Å². The first-order valence-corrected chi connectivity index (χ1v) is 7.17. The van der Waals surface area contributed by atoms with Gasteiger partial charge in [-0.1, -0.05) is 24.3 Å². The highest BCUT2D eigenvalue weighted by atomic mass is 16.5. The monoisotopic (exact) mass is 293 g/mol. The summed E-state index contributed by atoms with van der Waals surface area (Å²) in [5.74, 6) is 4.69. The number of nitrogens with zero attached hydrogens (tertiary/aromatic N) is 1. The van der Waals surface area contributed by atoms with Crippen LogP contribution in [0.1, 0.15) is 24.0 Å². The van der Waals surface area contributed by atoms with Gasteiger partial charge in [0.1, 0.15) is 0 Å². The van der Waals surface area contributed by atoms with E-state index < -0.39 is 0 Å². The Bertz CT molecular complexity index is 464. The number of aliphatic hydroxyl groups excluding tert-OH is 1. The fourth-order valence-corrected chi connectivity index (χ4v) is 2.49. The van der Waals surface area contributed by atoms with Crippen LogP contribution in [0.5, 0.6) is 0 Å². The van der Waals surface area contributed by atoms with Crippen LogP contribution in [0.4, 0.5) is 0 Å². The SMILES string of the molecule is CC(C(=O)NN)c1ccc(CN2CCOCC2CO)cc1. The van der Waals surface area contributed by atoms with Crippen molar-refractivity contribution in [2.45, 2.75) is 25.4 Å². The number of hydrogen-bond acceptors (Lipinski definition) is 5. The van der Waals surface area contributed by atoms with Gasteiger partial charge >= 0.3 is 0 Å². The summed E-state index contributed by atoms with van der Waals surface area (Å²) >= 11 is 0. The molecule has 0 bridgehead atoms. The molecule has 1 aromatic rings. The number of benzene rings is 1. The second kappa shape index (κ2) is 7.51. The molecule has 1 saturated heterocycles. The maximum atomic E-state index is 11.5. The quantitative estimate of drug-likeness (QED) is 0.403. The molecule has 0 aliphatic carbocycles. The van der Waals surface area contributed by atoms with Crippen LogP contribution in [0, 0.1) is 0 Å². The van der Waals surface area contributed by atoms with Crippen molar-refractivity contribution < 1.29 is 14.6 Å². The summed E-state index contributed by atoms with van der Waals surface area (Å²) in [7, 11) is 0. The Morgan fingerprint density at radius 3 is 2.86 bits per heavy atom. The zero-order valence-electron chi connectivity index (χ0n) is 12.3. The molecule has 2 rings (SSSR count). The highest BCUT2D eigenvalue weighted by Gasteiger charge is 2.22. The zero-order valence-corrected chi connectivity index (χ0v) is 12.3. The second-order valence-electron chi connectivity index (χ2n) is 5.35. The molecule has 4 N–H and O–H groups in total. The predicted molar refractivity (Wildman–Crippen MR) is 79.3 cm³/mol. The van der Waals surface area contributed by atoms with E-state index in [-0.39, 0.29) is 24.5 Å². The van der Waals surface area contributed by atoms with Crippen molar-refractivity contribution >= 4 is 5.91 Å². The van der Waals surface area contributed by atoms with Crippen molar-refractivity contribution in [1.29, 1.82) is 0 Å². The maximum absolute atomic E-state index is 11.5. The minimum absolute atomic E-state index is 0.0559. The van der Waals surface area contributed by atoms with Crippen LogP contribution >= 0.6 is 0 Å². The molecule has 6 heteroatoms. The fourth-order valence-electron chi connectivity index (χ4n) is 2.49. The molecule has 2 unspecified atom stereocenters. The van der Waals surface area contributed by atoms with E-state index in [2.05, 4.69) is 10.3 Å². The second-order valence-corrected chi connectivity index (χ2v) is 5.35. The smallest absolute Gasteiger partial charge is 0.241 e. The highest BCUT2D eigenvalue weighted by Crippen LogP contribution is 2.18. The lowest BCUT2D eigenvalue weighted by molar-refractivity contribution is -0.122. The first kappa shape index (κ1) is 15.9. The number of aliphatic hydroxyl groups is 1. The van der Waals surface area contributed by atoms with Crippen LogP contribution in [-0.4, -0.2) is 48.3 Å². The Morgan fingerprint density at radius 2 is 2.24 bits per heavy atom.